The Labute approximate surface area is 173 Å². The van der Waals surface area contributed by atoms with E-state index in [0.29, 0.717) is 23.4 Å². The summed E-state index contributed by atoms with van der Waals surface area (Å²) in [6.45, 7) is 1.57. The maximum absolute atomic E-state index is 12.4. The number of urea groups is 1. The molecule has 0 fully saturated rings. The largest absolute Gasteiger partial charge is 0.497 e. The van der Waals surface area contributed by atoms with Crippen LogP contribution in [0.15, 0.2) is 54.6 Å². The van der Waals surface area contributed by atoms with E-state index >= 15 is 0 Å². The molecule has 0 aliphatic carbocycles. The summed E-state index contributed by atoms with van der Waals surface area (Å²) in [6, 6.07) is 13.9. The molecule has 1 atom stereocenters. The average Bonchev–Trinajstić information content (AvgIpc) is 2.76. The Kier molecular flexibility index (Phi) is 8.37. The number of hydrogen-bond donors (Lipinski definition) is 3. The van der Waals surface area contributed by atoms with Crippen molar-refractivity contribution in [3.8, 4) is 5.75 Å². The molecule has 158 valence electrons. The number of amides is 4. The van der Waals surface area contributed by atoms with Crippen molar-refractivity contribution in [3.05, 3.63) is 65.7 Å². The fourth-order valence-electron chi connectivity index (χ4n) is 2.45. The second-order valence-electron chi connectivity index (χ2n) is 6.04. The van der Waals surface area contributed by atoms with Crippen molar-refractivity contribution in [2.75, 3.05) is 20.2 Å². The summed E-state index contributed by atoms with van der Waals surface area (Å²) in [5.41, 5.74) is 0.714. The van der Waals surface area contributed by atoms with Crippen LogP contribution in [0.2, 0.25) is 0 Å². The van der Waals surface area contributed by atoms with E-state index in [1.54, 1.807) is 61.5 Å². The molecule has 0 aliphatic heterocycles. The normalized spacial score (nSPS) is 11.0. The molecule has 0 aromatic heterocycles. The van der Waals surface area contributed by atoms with Gasteiger partial charge in [-0.1, -0.05) is 30.3 Å². The van der Waals surface area contributed by atoms with Crippen LogP contribution in [0.5, 0.6) is 5.75 Å². The Morgan fingerprint density at radius 2 is 1.60 bits per heavy atom. The van der Waals surface area contributed by atoms with Gasteiger partial charge >= 0.3 is 12.0 Å². The zero-order valence-corrected chi connectivity index (χ0v) is 16.6. The number of carbonyl (C=O) groups excluding carboxylic acids is 4. The topological polar surface area (TPSA) is 123 Å². The molecule has 3 N–H and O–H groups in total. The maximum Gasteiger partial charge on any atom is 0.326 e. The van der Waals surface area contributed by atoms with Crippen molar-refractivity contribution in [1.82, 2.24) is 16.0 Å². The van der Waals surface area contributed by atoms with E-state index in [0.717, 1.165) is 0 Å². The molecule has 2 rings (SSSR count). The molecule has 0 radical (unpaired) electrons. The third-order valence-electron chi connectivity index (χ3n) is 3.91. The number of benzene rings is 2. The molecule has 0 saturated carbocycles. The molecular weight excluding hydrogens is 390 g/mol. The second kappa shape index (κ2) is 11.2. The summed E-state index contributed by atoms with van der Waals surface area (Å²) in [4.78, 5) is 48.5. The Balaban J connectivity index is 2.00. The molecule has 30 heavy (non-hydrogen) atoms. The summed E-state index contributed by atoms with van der Waals surface area (Å²) < 4.78 is 10.3. The predicted molar refractivity (Wildman–Crippen MR) is 108 cm³/mol. The van der Waals surface area contributed by atoms with Crippen LogP contribution >= 0.6 is 0 Å². The molecule has 2 aromatic carbocycles. The van der Waals surface area contributed by atoms with Gasteiger partial charge in [-0.3, -0.25) is 19.7 Å². The summed E-state index contributed by atoms with van der Waals surface area (Å²) in [5, 5.41) is 6.97. The average molecular weight is 413 g/mol. The number of carbonyl (C=O) groups is 4. The van der Waals surface area contributed by atoms with Gasteiger partial charge in [0, 0.05) is 17.7 Å². The monoisotopic (exact) mass is 413 g/mol. The zero-order chi connectivity index (χ0) is 21.9. The van der Waals surface area contributed by atoms with E-state index in [1.807, 2.05) is 0 Å². The zero-order valence-electron chi connectivity index (χ0n) is 16.6. The van der Waals surface area contributed by atoms with Crippen LogP contribution in [0.4, 0.5) is 4.79 Å². The van der Waals surface area contributed by atoms with Gasteiger partial charge in [0.1, 0.15) is 12.3 Å². The SMILES string of the molecule is CCNC(=O)NC(=O)[C@H](OC(=O)CNC(=O)c1ccc(OC)cc1)c1ccccc1. The van der Waals surface area contributed by atoms with Gasteiger partial charge in [-0.25, -0.2) is 4.79 Å². The van der Waals surface area contributed by atoms with Gasteiger partial charge in [0.05, 0.1) is 7.11 Å². The lowest BCUT2D eigenvalue weighted by Crippen LogP contribution is -2.43. The molecule has 0 aliphatic rings. The van der Waals surface area contributed by atoms with Crippen LogP contribution in [0.1, 0.15) is 28.9 Å². The van der Waals surface area contributed by atoms with Gasteiger partial charge in [-0.2, -0.15) is 0 Å². The minimum Gasteiger partial charge on any atom is -0.497 e. The number of rotatable bonds is 8. The Hall–Kier alpha value is -3.88. The van der Waals surface area contributed by atoms with Crippen LogP contribution in [-0.4, -0.2) is 44.0 Å². The van der Waals surface area contributed by atoms with Gasteiger partial charge < -0.3 is 20.1 Å². The lowest BCUT2D eigenvalue weighted by molar-refractivity contribution is -0.155. The molecule has 0 unspecified atom stereocenters. The quantitative estimate of drug-likeness (QED) is 0.565. The summed E-state index contributed by atoms with van der Waals surface area (Å²) >= 11 is 0. The van der Waals surface area contributed by atoms with E-state index < -0.39 is 36.5 Å². The third-order valence-corrected chi connectivity index (χ3v) is 3.91. The van der Waals surface area contributed by atoms with Crippen LogP contribution in [0.3, 0.4) is 0 Å². The lowest BCUT2D eigenvalue weighted by Gasteiger charge is -2.18. The van der Waals surface area contributed by atoms with Crippen LogP contribution in [0, 0.1) is 0 Å². The van der Waals surface area contributed by atoms with E-state index in [2.05, 4.69) is 16.0 Å². The van der Waals surface area contributed by atoms with E-state index in [1.165, 1.54) is 7.11 Å². The first kappa shape index (κ1) is 22.4. The fourth-order valence-corrected chi connectivity index (χ4v) is 2.45. The predicted octanol–water partition coefficient (Wildman–Crippen LogP) is 1.56. The molecule has 0 heterocycles. The van der Waals surface area contributed by atoms with Gasteiger partial charge in [-0.05, 0) is 31.2 Å². The van der Waals surface area contributed by atoms with Crippen LogP contribution < -0.4 is 20.7 Å². The second-order valence-corrected chi connectivity index (χ2v) is 6.04. The highest BCUT2D eigenvalue weighted by Gasteiger charge is 2.26. The summed E-state index contributed by atoms with van der Waals surface area (Å²) in [7, 11) is 1.51. The molecule has 4 amide bonds. The molecule has 2 aromatic rings. The number of ether oxygens (including phenoxy) is 2. The van der Waals surface area contributed by atoms with E-state index in [9.17, 15) is 19.2 Å². The minimum absolute atomic E-state index is 0.326. The molecule has 9 nitrogen and oxygen atoms in total. The van der Waals surface area contributed by atoms with E-state index in [-0.39, 0.29) is 0 Å². The van der Waals surface area contributed by atoms with Crippen molar-refractivity contribution in [3.63, 3.8) is 0 Å². The molecule has 9 heteroatoms. The Morgan fingerprint density at radius 1 is 0.933 bits per heavy atom. The Morgan fingerprint density at radius 3 is 2.20 bits per heavy atom. The Bertz CT molecular complexity index is 883. The maximum atomic E-state index is 12.4. The first-order valence-corrected chi connectivity index (χ1v) is 9.20. The molecular formula is C21H23N3O6. The van der Waals surface area contributed by atoms with Crippen molar-refractivity contribution >= 4 is 23.8 Å². The highest BCUT2D eigenvalue weighted by atomic mass is 16.5. The van der Waals surface area contributed by atoms with Crippen LogP contribution in [0.25, 0.3) is 0 Å². The van der Waals surface area contributed by atoms with Crippen molar-refractivity contribution in [2.45, 2.75) is 13.0 Å². The highest BCUT2D eigenvalue weighted by Crippen LogP contribution is 2.17. The van der Waals surface area contributed by atoms with Crippen molar-refractivity contribution in [2.24, 2.45) is 0 Å². The summed E-state index contributed by atoms with van der Waals surface area (Å²) in [6.07, 6.45) is -1.35. The van der Waals surface area contributed by atoms with Crippen molar-refractivity contribution < 1.29 is 28.7 Å². The molecule has 0 bridgehead atoms. The fraction of sp³-hybridized carbons (Fsp3) is 0.238. The number of imide groups is 1. The number of hydrogen-bond acceptors (Lipinski definition) is 6. The van der Waals surface area contributed by atoms with Gasteiger partial charge in [0.2, 0.25) is 6.10 Å². The minimum atomic E-state index is -1.35. The molecule has 0 spiro atoms. The third kappa shape index (κ3) is 6.62. The van der Waals surface area contributed by atoms with E-state index in [4.69, 9.17) is 9.47 Å². The number of nitrogens with one attached hydrogen (secondary N) is 3. The van der Waals surface area contributed by atoms with Crippen molar-refractivity contribution in [1.29, 1.82) is 0 Å². The summed E-state index contributed by atoms with van der Waals surface area (Å²) in [5.74, 6) is -1.54. The first-order chi connectivity index (χ1) is 14.4. The number of esters is 1. The highest BCUT2D eigenvalue weighted by molar-refractivity contribution is 5.98. The van der Waals surface area contributed by atoms with Crippen LogP contribution in [-0.2, 0) is 14.3 Å². The smallest absolute Gasteiger partial charge is 0.326 e. The van der Waals surface area contributed by atoms with Gasteiger partial charge in [0.25, 0.3) is 11.8 Å². The standard InChI is InChI=1S/C21H23N3O6/c1-3-22-21(28)24-20(27)18(14-7-5-4-6-8-14)30-17(25)13-23-19(26)15-9-11-16(29-2)12-10-15/h4-12,18H,3,13H2,1-2H3,(H,23,26)(H2,22,24,27,28)/t18-/m1/s1. The molecule has 0 saturated heterocycles. The van der Waals surface area contributed by atoms with Gasteiger partial charge in [-0.15, -0.1) is 0 Å². The first-order valence-electron chi connectivity index (χ1n) is 9.20. The lowest BCUT2D eigenvalue weighted by atomic mass is 10.1. The van der Waals surface area contributed by atoms with Gasteiger partial charge in [0.15, 0.2) is 0 Å². The number of methoxy groups -OCH3 is 1.